The number of fused-ring (bicyclic) bond motifs is 1. The number of nitrogens with one attached hydrogen (secondary N) is 1. The SMILES string of the molecule is CCc1nc2ccc(Cl)cn2c1C(=O)NCc1ccc(N2CCN(I)C(C=O)=N2)cc1. The van der Waals surface area contributed by atoms with Gasteiger partial charge >= 0.3 is 0 Å². The molecule has 0 radical (unpaired) electrons. The molecule has 3 heterocycles. The van der Waals surface area contributed by atoms with E-state index in [-0.39, 0.29) is 5.91 Å². The topological polar surface area (TPSA) is 82.3 Å². The van der Waals surface area contributed by atoms with Crippen LogP contribution in [0.4, 0.5) is 5.69 Å². The zero-order valence-electron chi connectivity index (χ0n) is 16.8. The molecule has 0 saturated heterocycles. The van der Waals surface area contributed by atoms with Gasteiger partial charge in [0, 0.05) is 19.3 Å². The number of aldehydes is 1. The highest BCUT2D eigenvalue weighted by atomic mass is 127. The van der Waals surface area contributed by atoms with E-state index in [2.05, 4.69) is 38.3 Å². The Balaban J connectivity index is 1.47. The van der Waals surface area contributed by atoms with Crippen LogP contribution < -0.4 is 10.3 Å². The van der Waals surface area contributed by atoms with Gasteiger partial charge in [-0.1, -0.05) is 30.7 Å². The number of aromatic nitrogens is 2. The molecule has 10 heteroatoms. The third kappa shape index (κ3) is 4.52. The van der Waals surface area contributed by atoms with Crippen molar-refractivity contribution in [2.24, 2.45) is 5.10 Å². The highest BCUT2D eigenvalue weighted by molar-refractivity contribution is 14.1. The third-order valence-corrected chi connectivity index (χ3v) is 6.18. The molecular formula is C21H20ClIN6O2. The van der Waals surface area contributed by atoms with Crippen LogP contribution in [0.1, 0.15) is 28.7 Å². The van der Waals surface area contributed by atoms with E-state index in [1.54, 1.807) is 30.9 Å². The van der Waals surface area contributed by atoms with Crippen molar-refractivity contribution in [1.29, 1.82) is 0 Å². The Bertz CT molecular complexity index is 1160. The standard InChI is InChI=1S/C21H20ClIN6O2/c1-2-17-20(27-12-15(22)5-8-18(27)25-17)21(31)24-11-14-3-6-16(7-4-14)29-10-9-28(23)19(13-30)26-29/h3-8,12-13H,2,9-11H2,1H3,(H,24,31). The summed E-state index contributed by atoms with van der Waals surface area (Å²) in [5.41, 5.74) is 3.77. The average molecular weight is 551 g/mol. The van der Waals surface area contributed by atoms with Crippen LogP contribution in [0.5, 0.6) is 0 Å². The van der Waals surface area contributed by atoms with E-state index in [0.717, 1.165) is 23.2 Å². The molecule has 0 unspecified atom stereocenters. The average Bonchev–Trinajstić information content (AvgIpc) is 3.16. The third-order valence-electron chi connectivity index (χ3n) is 4.98. The van der Waals surface area contributed by atoms with Crippen molar-refractivity contribution in [3.63, 3.8) is 0 Å². The number of nitrogens with zero attached hydrogens (tertiary/aromatic N) is 5. The predicted molar refractivity (Wildman–Crippen MR) is 129 cm³/mol. The molecule has 0 bridgehead atoms. The van der Waals surface area contributed by atoms with Gasteiger partial charge in [0.15, 0.2) is 12.1 Å². The van der Waals surface area contributed by atoms with Gasteiger partial charge in [0.25, 0.3) is 5.91 Å². The number of rotatable bonds is 6. The first-order chi connectivity index (χ1) is 15.0. The molecule has 0 spiro atoms. The van der Waals surface area contributed by atoms with Crippen LogP contribution in [0, 0.1) is 0 Å². The fourth-order valence-corrected chi connectivity index (χ4v) is 3.98. The maximum Gasteiger partial charge on any atom is 0.270 e. The number of benzene rings is 1. The first-order valence-corrected chi connectivity index (χ1v) is 11.1. The molecule has 8 nitrogen and oxygen atoms in total. The molecule has 0 fully saturated rings. The number of hydrogen-bond acceptors (Lipinski definition) is 6. The van der Waals surface area contributed by atoms with Crippen molar-refractivity contribution in [3.8, 4) is 0 Å². The highest BCUT2D eigenvalue weighted by Gasteiger charge is 2.20. The van der Waals surface area contributed by atoms with Crippen molar-refractivity contribution in [2.45, 2.75) is 19.9 Å². The molecule has 0 aliphatic carbocycles. The Morgan fingerprint density at radius 3 is 2.71 bits per heavy atom. The van der Waals surface area contributed by atoms with Gasteiger partial charge in [-0.2, -0.15) is 5.10 Å². The van der Waals surface area contributed by atoms with E-state index < -0.39 is 0 Å². The van der Waals surface area contributed by atoms with Gasteiger partial charge < -0.3 is 5.32 Å². The second-order valence-electron chi connectivity index (χ2n) is 6.97. The maximum absolute atomic E-state index is 12.9. The van der Waals surface area contributed by atoms with Gasteiger partial charge in [-0.05, 0) is 36.2 Å². The minimum absolute atomic E-state index is 0.200. The molecule has 1 aromatic carbocycles. The van der Waals surface area contributed by atoms with Crippen LogP contribution in [0.3, 0.4) is 0 Å². The Kier molecular flexibility index (Phi) is 6.42. The molecule has 0 saturated carbocycles. The van der Waals surface area contributed by atoms with Crippen molar-refractivity contribution in [3.05, 3.63) is 64.6 Å². The van der Waals surface area contributed by atoms with Crippen LogP contribution in [-0.2, 0) is 17.8 Å². The summed E-state index contributed by atoms with van der Waals surface area (Å²) in [6.45, 7) is 3.74. The van der Waals surface area contributed by atoms with Gasteiger partial charge in [-0.15, -0.1) is 0 Å². The molecule has 160 valence electrons. The second-order valence-corrected chi connectivity index (χ2v) is 8.57. The zero-order valence-corrected chi connectivity index (χ0v) is 19.7. The summed E-state index contributed by atoms with van der Waals surface area (Å²) in [6.07, 6.45) is 3.10. The van der Waals surface area contributed by atoms with E-state index in [0.29, 0.717) is 48.3 Å². The highest BCUT2D eigenvalue weighted by Crippen LogP contribution is 2.20. The minimum atomic E-state index is -0.200. The summed E-state index contributed by atoms with van der Waals surface area (Å²) < 4.78 is 3.53. The normalized spacial score (nSPS) is 14.0. The van der Waals surface area contributed by atoms with Crippen LogP contribution in [0.15, 0.2) is 47.7 Å². The van der Waals surface area contributed by atoms with Crippen LogP contribution in [0.25, 0.3) is 5.65 Å². The molecule has 4 rings (SSSR count). The molecule has 3 aromatic rings. The summed E-state index contributed by atoms with van der Waals surface area (Å²) in [5, 5.41) is 9.67. The lowest BCUT2D eigenvalue weighted by molar-refractivity contribution is -0.103. The van der Waals surface area contributed by atoms with E-state index in [1.165, 1.54) is 0 Å². The Morgan fingerprint density at radius 2 is 2.00 bits per heavy atom. The fraction of sp³-hybridized carbons (Fsp3) is 0.238. The number of imidazole rings is 1. The quantitative estimate of drug-likeness (QED) is 0.289. The zero-order chi connectivity index (χ0) is 22.0. The molecule has 31 heavy (non-hydrogen) atoms. The molecule has 1 aliphatic heterocycles. The number of hydrogen-bond donors (Lipinski definition) is 1. The van der Waals surface area contributed by atoms with Gasteiger partial charge in [0.2, 0.25) is 0 Å². The molecular weight excluding hydrogens is 531 g/mol. The van der Waals surface area contributed by atoms with Crippen LogP contribution >= 0.6 is 34.5 Å². The largest absolute Gasteiger partial charge is 0.347 e. The van der Waals surface area contributed by atoms with Gasteiger partial charge in [0.1, 0.15) is 11.3 Å². The van der Waals surface area contributed by atoms with E-state index in [1.807, 2.05) is 31.2 Å². The van der Waals surface area contributed by atoms with Crippen molar-refractivity contribution in [2.75, 3.05) is 18.1 Å². The van der Waals surface area contributed by atoms with Crippen molar-refractivity contribution < 1.29 is 9.59 Å². The Hall–Kier alpha value is -2.66. The van der Waals surface area contributed by atoms with Crippen molar-refractivity contribution >= 4 is 63.8 Å². The summed E-state index contributed by atoms with van der Waals surface area (Å²) in [5.74, 6) is 0.192. The number of carbonyl (C=O) groups excluding carboxylic acids is 2. The summed E-state index contributed by atoms with van der Waals surface area (Å²) in [7, 11) is 0. The fourth-order valence-electron chi connectivity index (χ4n) is 3.39. The van der Waals surface area contributed by atoms with Crippen molar-refractivity contribution in [1.82, 2.24) is 17.8 Å². The first-order valence-electron chi connectivity index (χ1n) is 9.78. The van der Waals surface area contributed by atoms with Gasteiger partial charge in [-0.3, -0.25) is 22.1 Å². The Morgan fingerprint density at radius 1 is 1.23 bits per heavy atom. The van der Waals surface area contributed by atoms with Gasteiger partial charge in [0.05, 0.1) is 45.8 Å². The molecule has 2 aromatic heterocycles. The summed E-state index contributed by atoms with van der Waals surface area (Å²) in [6, 6.07) is 11.3. The number of halogens is 2. The van der Waals surface area contributed by atoms with Gasteiger partial charge in [-0.25, -0.2) is 4.98 Å². The summed E-state index contributed by atoms with van der Waals surface area (Å²) >= 11 is 8.19. The monoisotopic (exact) mass is 550 g/mol. The number of amides is 1. The molecule has 1 amide bonds. The minimum Gasteiger partial charge on any atom is -0.347 e. The Labute approximate surface area is 198 Å². The summed E-state index contributed by atoms with van der Waals surface area (Å²) in [4.78, 5) is 28.6. The number of hydrazone groups is 1. The molecule has 1 aliphatic rings. The van der Waals surface area contributed by atoms with Crippen LogP contribution in [0.2, 0.25) is 5.02 Å². The number of pyridine rings is 1. The van der Waals surface area contributed by atoms with E-state index in [9.17, 15) is 9.59 Å². The number of carbonyl (C=O) groups is 2. The first kappa shape index (κ1) is 21.6. The second kappa shape index (κ2) is 9.23. The lowest BCUT2D eigenvalue weighted by Crippen LogP contribution is -2.39. The lowest BCUT2D eigenvalue weighted by Gasteiger charge is -2.28. The number of anilines is 1. The maximum atomic E-state index is 12.9. The lowest BCUT2D eigenvalue weighted by atomic mass is 10.2. The molecule has 1 N–H and O–H groups in total. The number of aryl methyl sites for hydroxylation is 1. The smallest absolute Gasteiger partial charge is 0.270 e. The predicted octanol–water partition coefficient (Wildman–Crippen LogP) is 3.46. The molecule has 0 atom stereocenters. The van der Waals surface area contributed by atoms with Crippen LogP contribution in [-0.4, -0.2) is 43.6 Å². The van der Waals surface area contributed by atoms with E-state index in [4.69, 9.17) is 11.6 Å². The van der Waals surface area contributed by atoms with E-state index >= 15 is 0 Å². The number of amidine groups is 1.